The smallest absolute Gasteiger partial charge is 0.306 e. The Hall–Kier alpha value is -5.23. The first-order chi connectivity index (χ1) is 38.0. The largest absolute Gasteiger partial charge is 0.462 e. The zero-order valence-corrected chi connectivity index (χ0v) is 49.1. The lowest BCUT2D eigenvalue weighted by Crippen LogP contribution is -2.30. The minimum Gasteiger partial charge on any atom is -0.462 e. The average molecular weight is 1060 g/mol. The Morgan fingerprint density at radius 3 is 0.831 bits per heavy atom. The SMILES string of the molecule is CC/C=C\C/C=C\C/C=C\C/C=C\C/C=C\C/C=C\CCCCC(=O)OC(COC(=O)CC/C=C\C/C=C\C/C=C\C/C=C\CC)COC(=O)CCCCCCCCCCCCCC/C=C\C/C=C\C/C=C\C/C=C\CC. The highest BCUT2D eigenvalue weighted by molar-refractivity contribution is 5.71. The highest BCUT2D eigenvalue weighted by Gasteiger charge is 2.19. The van der Waals surface area contributed by atoms with Gasteiger partial charge in [-0.05, 0) is 135 Å². The van der Waals surface area contributed by atoms with Crippen LogP contribution in [0.3, 0.4) is 0 Å². The lowest BCUT2D eigenvalue weighted by atomic mass is 10.0. The van der Waals surface area contributed by atoms with Gasteiger partial charge >= 0.3 is 17.9 Å². The molecule has 6 nitrogen and oxygen atoms in total. The van der Waals surface area contributed by atoms with Crippen LogP contribution < -0.4 is 0 Å². The third-order valence-corrected chi connectivity index (χ3v) is 12.2. The second kappa shape index (κ2) is 63.3. The third kappa shape index (κ3) is 61.5. The van der Waals surface area contributed by atoms with Crippen LogP contribution in [0.5, 0.6) is 0 Å². The number of esters is 3. The van der Waals surface area contributed by atoms with E-state index in [2.05, 4.69) is 179 Å². The molecule has 1 atom stereocenters. The lowest BCUT2D eigenvalue weighted by molar-refractivity contribution is -0.166. The monoisotopic (exact) mass is 1060 g/mol. The van der Waals surface area contributed by atoms with Gasteiger partial charge in [-0.1, -0.05) is 255 Å². The van der Waals surface area contributed by atoms with Gasteiger partial charge in [0.2, 0.25) is 0 Å². The van der Waals surface area contributed by atoms with Gasteiger partial charge in [-0.25, -0.2) is 0 Å². The third-order valence-electron chi connectivity index (χ3n) is 12.2. The summed E-state index contributed by atoms with van der Waals surface area (Å²) in [7, 11) is 0. The van der Waals surface area contributed by atoms with Gasteiger partial charge in [0.1, 0.15) is 13.2 Å². The van der Waals surface area contributed by atoms with Crippen LogP contribution in [0.4, 0.5) is 0 Å². The predicted molar refractivity (Wildman–Crippen MR) is 334 cm³/mol. The fourth-order valence-corrected chi connectivity index (χ4v) is 7.74. The van der Waals surface area contributed by atoms with Crippen LogP contribution in [0.2, 0.25) is 0 Å². The molecule has 0 aromatic rings. The van der Waals surface area contributed by atoms with Crippen molar-refractivity contribution in [3.05, 3.63) is 170 Å². The van der Waals surface area contributed by atoms with Crippen molar-refractivity contribution >= 4 is 17.9 Å². The molecule has 0 heterocycles. The summed E-state index contributed by atoms with van der Waals surface area (Å²) in [5.41, 5.74) is 0. The van der Waals surface area contributed by atoms with E-state index in [4.69, 9.17) is 14.2 Å². The van der Waals surface area contributed by atoms with Crippen LogP contribution in [0.1, 0.15) is 239 Å². The molecular formula is C71H110O6. The number of hydrogen-bond acceptors (Lipinski definition) is 6. The topological polar surface area (TPSA) is 78.9 Å². The van der Waals surface area contributed by atoms with Crippen LogP contribution in [-0.4, -0.2) is 37.2 Å². The van der Waals surface area contributed by atoms with Gasteiger partial charge in [0.25, 0.3) is 0 Å². The molecule has 1 unspecified atom stereocenters. The molecule has 0 aromatic heterocycles. The van der Waals surface area contributed by atoms with Crippen molar-refractivity contribution in [2.45, 2.75) is 245 Å². The van der Waals surface area contributed by atoms with E-state index in [1.54, 1.807) is 0 Å². The minimum absolute atomic E-state index is 0.126. The maximum atomic E-state index is 12.9. The number of ether oxygens (including phenoxy) is 3. The maximum absolute atomic E-state index is 12.9. The highest BCUT2D eigenvalue weighted by Crippen LogP contribution is 2.14. The number of unbranched alkanes of at least 4 members (excludes halogenated alkanes) is 14. The molecule has 0 aromatic carbocycles. The fourth-order valence-electron chi connectivity index (χ4n) is 7.74. The van der Waals surface area contributed by atoms with E-state index in [1.807, 2.05) is 12.2 Å². The molecule has 0 rings (SSSR count). The second-order valence-corrected chi connectivity index (χ2v) is 19.5. The van der Waals surface area contributed by atoms with E-state index >= 15 is 0 Å². The normalized spacial score (nSPS) is 13.3. The van der Waals surface area contributed by atoms with Crippen molar-refractivity contribution in [3.63, 3.8) is 0 Å². The predicted octanol–water partition coefficient (Wildman–Crippen LogP) is 21.1. The maximum Gasteiger partial charge on any atom is 0.306 e. The summed E-state index contributed by atoms with van der Waals surface area (Å²) in [6.45, 7) is 6.18. The molecule has 0 N–H and O–H groups in total. The zero-order valence-electron chi connectivity index (χ0n) is 49.1. The van der Waals surface area contributed by atoms with Gasteiger partial charge in [0, 0.05) is 19.3 Å². The zero-order chi connectivity index (χ0) is 55.7. The number of carbonyl (C=O) groups excluding carboxylic acids is 3. The molecule has 0 aliphatic carbocycles. The van der Waals surface area contributed by atoms with Crippen LogP contribution in [0, 0.1) is 0 Å². The second-order valence-electron chi connectivity index (χ2n) is 19.5. The van der Waals surface area contributed by atoms with Crippen molar-refractivity contribution < 1.29 is 28.6 Å². The van der Waals surface area contributed by atoms with Gasteiger partial charge in [-0.2, -0.15) is 0 Å². The van der Waals surface area contributed by atoms with Gasteiger partial charge < -0.3 is 14.2 Å². The van der Waals surface area contributed by atoms with Crippen molar-refractivity contribution in [1.29, 1.82) is 0 Å². The number of rotatable bonds is 53. The van der Waals surface area contributed by atoms with Crippen LogP contribution in [0.25, 0.3) is 0 Å². The van der Waals surface area contributed by atoms with E-state index in [9.17, 15) is 14.4 Å². The molecule has 0 radical (unpaired) electrons. The van der Waals surface area contributed by atoms with E-state index < -0.39 is 6.10 Å². The van der Waals surface area contributed by atoms with Crippen molar-refractivity contribution in [3.8, 4) is 0 Å². The molecule has 0 spiro atoms. The van der Waals surface area contributed by atoms with Gasteiger partial charge in [-0.3, -0.25) is 14.4 Å². The summed E-state index contributed by atoms with van der Waals surface area (Å²) in [6.07, 6.45) is 93.7. The number of allylic oxidation sites excluding steroid dienone is 28. The lowest BCUT2D eigenvalue weighted by Gasteiger charge is -2.18. The molecule has 0 aliphatic heterocycles. The Bertz CT molecular complexity index is 1790. The molecule has 6 heteroatoms. The van der Waals surface area contributed by atoms with Gasteiger partial charge in [-0.15, -0.1) is 0 Å². The Morgan fingerprint density at radius 2 is 0.494 bits per heavy atom. The Labute approximate surface area is 472 Å². The van der Waals surface area contributed by atoms with Gasteiger partial charge in [0.15, 0.2) is 6.10 Å². The van der Waals surface area contributed by atoms with Crippen LogP contribution in [0.15, 0.2) is 170 Å². The van der Waals surface area contributed by atoms with E-state index in [1.165, 1.54) is 64.2 Å². The quantitative estimate of drug-likeness (QED) is 0.0261. The first-order valence-electron chi connectivity index (χ1n) is 30.6. The summed E-state index contributed by atoms with van der Waals surface area (Å²) >= 11 is 0. The average Bonchev–Trinajstić information content (AvgIpc) is 3.43. The first kappa shape index (κ1) is 71.8. The van der Waals surface area contributed by atoms with Crippen molar-refractivity contribution in [2.24, 2.45) is 0 Å². The van der Waals surface area contributed by atoms with E-state index in [0.29, 0.717) is 19.3 Å². The van der Waals surface area contributed by atoms with Crippen LogP contribution >= 0.6 is 0 Å². The fraction of sp³-hybridized carbons (Fsp3) is 0.563. The summed E-state index contributed by atoms with van der Waals surface area (Å²) in [5, 5.41) is 0. The Balaban J connectivity index is 4.47. The minimum atomic E-state index is -0.841. The molecule has 0 saturated heterocycles. The van der Waals surface area contributed by atoms with Gasteiger partial charge in [0.05, 0.1) is 0 Å². The van der Waals surface area contributed by atoms with Crippen molar-refractivity contribution in [1.82, 2.24) is 0 Å². The first-order valence-corrected chi connectivity index (χ1v) is 30.6. The molecule has 0 amide bonds. The van der Waals surface area contributed by atoms with Crippen molar-refractivity contribution in [2.75, 3.05) is 13.2 Å². The number of carbonyl (C=O) groups is 3. The van der Waals surface area contributed by atoms with E-state index in [0.717, 1.165) is 122 Å². The molecular weight excluding hydrogens is 949 g/mol. The van der Waals surface area contributed by atoms with Crippen LogP contribution in [-0.2, 0) is 28.6 Å². The standard InChI is InChI=1S/C71H110O6/c1-4-7-10-13-16-19-22-25-27-29-31-33-34-35-36-38-39-41-43-46-49-52-55-58-61-64-70(73)76-67-68(66-75-69(72)63-60-57-54-51-48-45-24-21-18-15-12-9-6-3)77-71(74)65-62-59-56-53-50-47-44-42-40-37-32-30-28-26-23-20-17-14-11-8-5-2/h7-12,16-21,25-28,31-33,37,42,44-45,48,50,53-54,57,68H,4-6,13-15,22-24,29-30,34-36,38-41,43,46-47,49,51-52,55-56,58-67H2,1-3H3/b10-7-,11-8-,12-9-,19-16-,20-17-,21-18-,27-25-,28-26-,33-31-,37-32-,44-42-,48-45-,53-50-,57-54-. The molecule has 0 bridgehead atoms. The molecule has 77 heavy (non-hydrogen) atoms. The summed E-state index contributed by atoms with van der Waals surface area (Å²) < 4.78 is 16.8. The molecule has 0 saturated carbocycles. The molecule has 0 fully saturated rings. The Kier molecular flexibility index (Phi) is 59.0. The Morgan fingerprint density at radius 1 is 0.260 bits per heavy atom. The summed E-state index contributed by atoms with van der Waals surface area (Å²) in [5.74, 6) is -1.06. The van der Waals surface area contributed by atoms with E-state index in [-0.39, 0.29) is 44.0 Å². The number of hydrogen-bond donors (Lipinski definition) is 0. The molecule has 0 aliphatic rings. The summed E-state index contributed by atoms with van der Waals surface area (Å²) in [6, 6.07) is 0. The highest BCUT2D eigenvalue weighted by atomic mass is 16.6. The summed E-state index contributed by atoms with van der Waals surface area (Å²) in [4.78, 5) is 38.2. The molecule has 430 valence electrons.